The highest BCUT2D eigenvalue weighted by Gasteiger charge is 2.07. The van der Waals surface area contributed by atoms with Gasteiger partial charge in [0.15, 0.2) is 0 Å². The fourth-order valence-corrected chi connectivity index (χ4v) is 2.35. The Morgan fingerprint density at radius 2 is 2.21 bits per heavy atom. The highest BCUT2D eigenvalue weighted by molar-refractivity contribution is 5.15. The molecule has 0 saturated carbocycles. The van der Waals surface area contributed by atoms with Crippen molar-refractivity contribution in [1.82, 2.24) is 19.4 Å². The van der Waals surface area contributed by atoms with Gasteiger partial charge in [-0.15, -0.1) is 0 Å². The van der Waals surface area contributed by atoms with Crippen LogP contribution in [-0.4, -0.2) is 20.7 Å². The number of rotatable bonds is 7. The second kappa shape index (κ2) is 6.57. The van der Waals surface area contributed by atoms with Gasteiger partial charge in [-0.05, 0) is 31.5 Å². The molecule has 2 aromatic rings. The number of hydrogen-bond donors (Lipinski definition) is 1. The van der Waals surface area contributed by atoms with Gasteiger partial charge in [-0.25, -0.2) is 4.98 Å². The van der Waals surface area contributed by atoms with Crippen LogP contribution >= 0.6 is 0 Å². The zero-order valence-corrected chi connectivity index (χ0v) is 12.1. The van der Waals surface area contributed by atoms with Crippen LogP contribution in [0.3, 0.4) is 0 Å². The monoisotopic (exact) mass is 260 g/mol. The number of hydrogen-bond acceptors (Lipinski definition) is 2. The molecule has 0 spiro atoms. The van der Waals surface area contributed by atoms with E-state index in [9.17, 15) is 0 Å². The molecule has 1 N–H and O–H groups in total. The Hall–Kier alpha value is -1.55. The zero-order valence-electron chi connectivity index (χ0n) is 12.1. The van der Waals surface area contributed by atoms with Gasteiger partial charge in [-0.1, -0.05) is 13.8 Å². The van der Waals surface area contributed by atoms with Crippen LogP contribution in [0.15, 0.2) is 31.0 Å². The summed E-state index contributed by atoms with van der Waals surface area (Å²) in [6.45, 7) is 9.45. The van der Waals surface area contributed by atoms with Gasteiger partial charge in [0, 0.05) is 31.2 Å². The summed E-state index contributed by atoms with van der Waals surface area (Å²) in [5, 5.41) is 3.43. The van der Waals surface area contributed by atoms with Gasteiger partial charge >= 0.3 is 0 Å². The van der Waals surface area contributed by atoms with Crippen molar-refractivity contribution in [1.29, 1.82) is 0 Å². The molecular weight excluding hydrogens is 236 g/mol. The largest absolute Gasteiger partial charge is 0.348 e. The van der Waals surface area contributed by atoms with E-state index in [1.807, 2.05) is 12.5 Å². The number of aromatic nitrogens is 3. The van der Waals surface area contributed by atoms with E-state index in [-0.39, 0.29) is 0 Å². The van der Waals surface area contributed by atoms with Crippen LogP contribution in [0.25, 0.3) is 0 Å². The van der Waals surface area contributed by atoms with E-state index in [4.69, 9.17) is 0 Å². The Labute approximate surface area is 115 Å². The smallest absolute Gasteiger partial charge is 0.0948 e. The van der Waals surface area contributed by atoms with Gasteiger partial charge in [-0.3, -0.25) is 0 Å². The first-order valence-corrected chi connectivity index (χ1v) is 7.12. The lowest BCUT2D eigenvalue weighted by molar-refractivity contribution is 0.593. The van der Waals surface area contributed by atoms with E-state index in [0.29, 0.717) is 6.04 Å². The standard InChI is InChI=1S/C15H24N4/c1-4-7-19-12-16-9-15(19)11-18-8-6-14(10-18)13(3)17-5-2/h6,8-10,12-13,17H,4-5,7,11H2,1-3H3. The van der Waals surface area contributed by atoms with Gasteiger partial charge in [-0.2, -0.15) is 0 Å². The second-order valence-corrected chi connectivity index (χ2v) is 4.97. The molecule has 2 heterocycles. The average molecular weight is 260 g/mol. The number of nitrogens with zero attached hydrogens (tertiary/aromatic N) is 3. The predicted molar refractivity (Wildman–Crippen MR) is 78.1 cm³/mol. The summed E-state index contributed by atoms with van der Waals surface area (Å²) in [4.78, 5) is 4.25. The fourth-order valence-electron chi connectivity index (χ4n) is 2.35. The number of aryl methyl sites for hydroxylation is 1. The van der Waals surface area contributed by atoms with Gasteiger partial charge in [0.25, 0.3) is 0 Å². The fraction of sp³-hybridized carbons (Fsp3) is 0.533. The van der Waals surface area contributed by atoms with Gasteiger partial charge < -0.3 is 14.5 Å². The molecule has 19 heavy (non-hydrogen) atoms. The Balaban J connectivity index is 2.05. The first-order chi connectivity index (χ1) is 9.24. The van der Waals surface area contributed by atoms with Crippen molar-refractivity contribution in [3.63, 3.8) is 0 Å². The van der Waals surface area contributed by atoms with Gasteiger partial charge in [0.2, 0.25) is 0 Å². The Morgan fingerprint density at radius 1 is 1.37 bits per heavy atom. The molecule has 1 unspecified atom stereocenters. The second-order valence-electron chi connectivity index (χ2n) is 4.97. The maximum absolute atomic E-state index is 4.25. The molecule has 2 rings (SSSR count). The molecule has 1 atom stereocenters. The highest BCUT2D eigenvalue weighted by atomic mass is 15.1. The van der Waals surface area contributed by atoms with Crippen LogP contribution < -0.4 is 5.32 Å². The van der Waals surface area contributed by atoms with Crippen molar-refractivity contribution in [2.45, 2.75) is 46.3 Å². The third kappa shape index (κ3) is 3.47. The first kappa shape index (κ1) is 13.9. The number of nitrogens with one attached hydrogen (secondary N) is 1. The van der Waals surface area contributed by atoms with Crippen LogP contribution in [0.1, 0.15) is 44.5 Å². The minimum Gasteiger partial charge on any atom is -0.348 e. The molecule has 0 amide bonds. The predicted octanol–water partition coefficient (Wildman–Crippen LogP) is 2.81. The molecule has 0 aromatic carbocycles. The molecule has 104 valence electrons. The highest BCUT2D eigenvalue weighted by Crippen LogP contribution is 2.14. The summed E-state index contributed by atoms with van der Waals surface area (Å²) < 4.78 is 4.46. The minimum absolute atomic E-state index is 0.409. The maximum Gasteiger partial charge on any atom is 0.0948 e. The molecule has 4 nitrogen and oxygen atoms in total. The van der Waals surface area contributed by atoms with Gasteiger partial charge in [0.1, 0.15) is 0 Å². The Morgan fingerprint density at radius 3 is 2.95 bits per heavy atom. The van der Waals surface area contributed by atoms with Crippen molar-refractivity contribution >= 4 is 0 Å². The lowest BCUT2D eigenvalue weighted by Crippen LogP contribution is -2.17. The molecule has 0 saturated heterocycles. The van der Waals surface area contributed by atoms with E-state index in [0.717, 1.165) is 26.1 Å². The van der Waals surface area contributed by atoms with Crippen LogP contribution in [0.4, 0.5) is 0 Å². The van der Waals surface area contributed by atoms with Crippen molar-refractivity contribution in [3.8, 4) is 0 Å². The third-order valence-corrected chi connectivity index (χ3v) is 3.39. The normalized spacial score (nSPS) is 12.8. The maximum atomic E-state index is 4.25. The van der Waals surface area contributed by atoms with Crippen LogP contribution in [0.5, 0.6) is 0 Å². The van der Waals surface area contributed by atoms with Crippen molar-refractivity contribution in [2.24, 2.45) is 0 Å². The van der Waals surface area contributed by atoms with Crippen molar-refractivity contribution in [2.75, 3.05) is 6.54 Å². The Bertz CT molecular complexity index is 498. The molecule has 4 heteroatoms. The molecule has 0 aliphatic carbocycles. The summed E-state index contributed by atoms with van der Waals surface area (Å²) in [5.74, 6) is 0. The SMILES string of the molecule is CCCn1cncc1Cn1ccc(C(C)NCC)c1. The summed E-state index contributed by atoms with van der Waals surface area (Å²) in [7, 11) is 0. The van der Waals surface area contributed by atoms with E-state index in [2.05, 4.69) is 58.7 Å². The third-order valence-electron chi connectivity index (χ3n) is 3.39. The summed E-state index contributed by atoms with van der Waals surface area (Å²) in [6.07, 6.45) is 9.38. The summed E-state index contributed by atoms with van der Waals surface area (Å²) in [5.41, 5.74) is 2.60. The minimum atomic E-state index is 0.409. The van der Waals surface area contributed by atoms with Crippen LogP contribution in [0.2, 0.25) is 0 Å². The molecule has 0 radical (unpaired) electrons. The van der Waals surface area contributed by atoms with Crippen molar-refractivity contribution < 1.29 is 0 Å². The van der Waals surface area contributed by atoms with E-state index < -0.39 is 0 Å². The van der Waals surface area contributed by atoms with Gasteiger partial charge in [0.05, 0.1) is 18.6 Å². The average Bonchev–Trinajstić information content (AvgIpc) is 3.01. The first-order valence-electron chi connectivity index (χ1n) is 7.12. The zero-order chi connectivity index (χ0) is 13.7. The molecule has 0 aliphatic rings. The van der Waals surface area contributed by atoms with Crippen molar-refractivity contribution in [3.05, 3.63) is 42.2 Å². The molecule has 0 aliphatic heterocycles. The molecular formula is C15H24N4. The lowest BCUT2D eigenvalue weighted by Gasteiger charge is -2.10. The number of imidazole rings is 1. The van der Waals surface area contributed by atoms with E-state index >= 15 is 0 Å². The Kier molecular flexibility index (Phi) is 4.80. The lowest BCUT2D eigenvalue weighted by atomic mass is 10.2. The van der Waals surface area contributed by atoms with E-state index in [1.165, 1.54) is 11.3 Å². The molecule has 0 bridgehead atoms. The van der Waals surface area contributed by atoms with E-state index in [1.54, 1.807) is 0 Å². The quantitative estimate of drug-likeness (QED) is 0.830. The molecule has 2 aromatic heterocycles. The summed E-state index contributed by atoms with van der Waals surface area (Å²) in [6, 6.07) is 2.60. The topological polar surface area (TPSA) is 34.8 Å². The van der Waals surface area contributed by atoms with Crippen LogP contribution in [-0.2, 0) is 13.1 Å². The van der Waals surface area contributed by atoms with Crippen LogP contribution in [0, 0.1) is 0 Å². The summed E-state index contributed by atoms with van der Waals surface area (Å²) >= 11 is 0. The molecule has 0 fully saturated rings.